The molecule has 2 aromatic heterocycles. The molecule has 0 saturated heterocycles. The molecule has 0 saturated carbocycles. The third-order valence-electron chi connectivity index (χ3n) is 4.06. The van der Waals surface area contributed by atoms with E-state index in [1.807, 2.05) is 0 Å². The van der Waals surface area contributed by atoms with Gasteiger partial charge in [-0.25, -0.2) is 9.55 Å². The number of H-pyrrole nitrogens is 1. The van der Waals surface area contributed by atoms with Crippen LogP contribution in [-0.2, 0) is 12.0 Å². The molecule has 2 N–H and O–H groups in total. The Morgan fingerprint density at radius 1 is 1.19 bits per heavy atom. The van der Waals surface area contributed by atoms with Crippen molar-refractivity contribution in [1.29, 1.82) is 0 Å². The van der Waals surface area contributed by atoms with E-state index in [1.165, 1.54) is 27.4 Å². The Hall–Kier alpha value is -1.81. The second kappa shape index (κ2) is 4.88. The summed E-state index contributed by atoms with van der Waals surface area (Å²) in [6.07, 6.45) is 2.25. The highest BCUT2D eigenvalue weighted by atomic mass is 15.2. The lowest BCUT2D eigenvalue weighted by Crippen LogP contribution is -3.06. The summed E-state index contributed by atoms with van der Waals surface area (Å²) >= 11 is 0. The van der Waals surface area contributed by atoms with E-state index < -0.39 is 0 Å². The number of hydrogen-bond acceptors (Lipinski definition) is 0. The summed E-state index contributed by atoms with van der Waals surface area (Å²) < 4.78 is 4.69. The number of imidazole rings is 2. The number of nitrogens with zero attached hydrogens (tertiary/aromatic N) is 2. The van der Waals surface area contributed by atoms with Crippen LogP contribution >= 0.6 is 0 Å². The van der Waals surface area contributed by atoms with Crippen LogP contribution in [0.3, 0.4) is 0 Å². The fourth-order valence-electron chi connectivity index (χ4n) is 2.74. The lowest BCUT2D eigenvalue weighted by molar-refractivity contribution is -0.878. The van der Waals surface area contributed by atoms with Crippen LogP contribution in [0.1, 0.15) is 26.5 Å². The maximum atomic E-state index is 3.63. The summed E-state index contributed by atoms with van der Waals surface area (Å²) in [7, 11) is 4.40. The number of benzene rings is 1. The second-order valence-corrected chi connectivity index (χ2v) is 7.21. The summed E-state index contributed by atoms with van der Waals surface area (Å²) in [5, 5.41) is 0. The van der Waals surface area contributed by atoms with Crippen molar-refractivity contribution >= 4 is 16.8 Å². The van der Waals surface area contributed by atoms with Gasteiger partial charge >= 0.3 is 5.78 Å². The molecule has 4 heteroatoms. The van der Waals surface area contributed by atoms with Crippen molar-refractivity contribution in [2.75, 3.05) is 20.6 Å². The highest BCUT2D eigenvalue weighted by Crippen LogP contribution is 2.23. The van der Waals surface area contributed by atoms with Gasteiger partial charge in [-0.05, 0) is 12.1 Å². The topological polar surface area (TPSA) is 28.5 Å². The molecule has 0 aliphatic heterocycles. The van der Waals surface area contributed by atoms with Gasteiger partial charge in [-0.2, -0.15) is 4.40 Å². The average Bonchev–Trinajstić information content (AvgIpc) is 2.93. The first-order valence-corrected chi connectivity index (χ1v) is 7.69. The van der Waals surface area contributed by atoms with E-state index in [0.717, 1.165) is 13.1 Å². The number of quaternary nitrogens is 1. The second-order valence-electron chi connectivity index (χ2n) is 7.21. The number of para-hydroxylation sites is 2. The molecule has 3 rings (SSSR count). The Morgan fingerprint density at radius 2 is 1.90 bits per heavy atom. The minimum atomic E-state index is 0.130. The van der Waals surface area contributed by atoms with Crippen LogP contribution in [0.2, 0.25) is 0 Å². The van der Waals surface area contributed by atoms with Crippen LogP contribution in [-0.4, -0.2) is 30.0 Å². The van der Waals surface area contributed by atoms with E-state index in [-0.39, 0.29) is 5.41 Å². The molecule has 0 unspecified atom stereocenters. The van der Waals surface area contributed by atoms with Gasteiger partial charge in [0.25, 0.3) is 0 Å². The van der Waals surface area contributed by atoms with Gasteiger partial charge in [0, 0.05) is 5.41 Å². The summed E-state index contributed by atoms with van der Waals surface area (Å²) in [6.45, 7) is 8.86. The maximum Gasteiger partial charge on any atom is 0.368 e. The molecule has 0 amide bonds. The Kier molecular flexibility index (Phi) is 3.29. The first-order valence-electron chi connectivity index (χ1n) is 7.69. The third-order valence-corrected chi connectivity index (χ3v) is 4.06. The van der Waals surface area contributed by atoms with Crippen LogP contribution in [0.25, 0.3) is 16.8 Å². The molecular formula is C17H26N4+2. The number of aromatic amines is 1. The molecule has 0 aliphatic carbocycles. The van der Waals surface area contributed by atoms with Gasteiger partial charge in [0.15, 0.2) is 0 Å². The highest BCUT2D eigenvalue weighted by molar-refractivity contribution is 5.75. The van der Waals surface area contributed by atoms with Crippen molar-refractivity contribution in [1.82, 2.24) is 9.38 Å². The SMILES string of the molecule is C[NH+](C)CC[n+]1c2ccccc2n2cc(C(C)(C)C)[nH]c21. The van der Waals surface area contributed by atoms with Crippen molar-refractivity contribution < 1.29 is 9.47 Å². The lowest BCUT2D eigenvalue weighted by atomic mass is 9.93. The van der Waals surface area contributed by atoms with Gasteiger partial charge in [0.05, 0.1) is 14.1 Å². The fourth-order valence-corrected chi connectivity index (χ4v) is 2.74. The highest BCUT2D eigenvalue weighted by Gasteiger charge is 2.26. The molecule has 0 spiro atoms. The zero-order valence-corrected chi connectivity index (χ0v) is 13.7. The van der Waals surface area contributed by atoms with Crippen molar-refractivity contribution in [2.24, 2.45) is 0 Å². The van der Waals surface area contributed by atoms with Crippen molar-refractivity contribution in [2.45, 2.75) is 32.7 Å². The average molecular weight is 286 g/mol. The van der Waals surface area contributed by atoms with E-state index in [1.54, 1.807) is 0 Å². The molecule has 0 aliphatic rings. The minimum Gasteiger partial charge on any atom is -0.337 e. The number of hydrogen-bond donors (Lipinski definition) is 2. The smallest absolute Gasteiger partial charge is 0.337 e. The number of fused-ring (bicyclic) bond motifs is 3. The summed E-state index contributed by atoms with van der Waals surface area (Å²) in [4.78, 5) is 5.10. The Morgan fingerprint density at radius 3 is 2.57 bits per heavy atom. The molecule has 0 radical (unpaired) electrons. The van der Waals surface area contributed by atoms with Gasteiger partial charge in [-0.3, -0.25) is 0 Å². The molecule has 21 heavy (non-hydrogen) atoms. The number of nitrogens with one attached hydrogen (secondary N) is 2. The summed E-state index contributed by atoms with van der Waals surface area (Å²) in [5.74, 6) is 1.18. The van der Waals surface area contributed by atoms with E-state index in [9.17, 15) is 0 Å². The lowest BCUT2D eigenvalue weighted by Gasteiger charge is -2.12. The van der Waals surface area contributed by atoms with E-state index in [0.29, 0.717) is 0 Å². The summed E-state index contributed by atoms with van der Waals surface area (Å²) in [5.41, 5.74) is 3.97. The number of rotatable bonds is 3. The monoisotopic (exact) mass is 286 g/mol. The Labute approximate surface area is 126 Å². The Balaban J connectivity index is 2.22. The molecular weight excluding hydrogens is 260 g/mol. The van der Waals surface area contributed by atoms with E-state index >= 15 is 0 Å². The van der Waals surface area contributed by atoms with Gasteiger partial charge < -0.3 is 4.90 Å². The molecule has 0 fully saturated rings. The molecule has 0 atom stereocenters. The van der Waals surface area contributed by atoms with Gasteiger partial charge in [0.2, 0.25) is 0 Å². The first-order chi connectivity index (χ1) is 9.88. The fraction of sp³-hybridized carbons (Fsp3) is 0.471. The van der Waals surface area contributed by atoms with Gasteiger partial charge in [-0.15, -0.1) is 0 Å². The predicted octanol–water partition coefficient (Wildman–Crippen LogP) is 1.15. The summed E-state index contributed by atoms with van der Waals surface area (Å²) in [6, 6.07) is 8.63. The van der Waals surface area contributed by atoms with Gasteiger partial charge in [-0.1, -0.05) is 32.9 Å². The quantitative estimate of drug-likeness (QED) is 0.676. The molecule has 3 aromatic rings. The standard InChI is InChI=1S/C17H24N4/c1-17(2,3)15-12-21-14-9-7-6-8-13(14)20(16(21)18-15)11-10-19(4)5/h6-9,12H,10-11H2,1-5H3/p+2. The van der Waals surface area contributed by atoms with Crippen LogP contribution in [0.15, 0.2) is 30.5 Å². The van der Waals surface area contributed by atoms with Crippen molar-refractivity contribution in [3.8, 4) is 0 Å². The van der Waals surface area contributed by atoms with Crippen molar-refractivity contribution in [3.63, 3.8) is 0 Å². The van der Waals surface area contributed by atoms with E-state index in [2.05, 4.69) is 79.3 Å². The number of likely N-dealkylation sites (N-methyl/N-ethyl adjacent to an activating group) is 1. The Bertz CT molecular complexity index is 771. The number of aromatic nitrogens is 3. The van der Waals surface area contributed by atoms with Crippen LogP contribution in [0.5, 0.6) is 0 Å². The van der Waals surface area contributed by atoms with Crippen LogP contribution < -0.4 is 9.47 Å². The molecule has 2 heterocycles. The van der Waals surface area contributed by atoms with E-state index in [4.69, 9.17) is 0 Å². The molecule has 4 nitrogen and oxygen atoms in total. The molecule has 0 bridgehead atoms. The molecule has 1 aromatic carbocycles. The first kappa shape index (κ1) is 14.1. The normalized spacial score (nSPS) is 12.9. The maximum absolute atomic E-state index is 3.63. The predicted molar refractivity (Wildman–Crippen MR) is 85.8 cm³/mol. The van der Waals surface area contributed by atoms with Crippen LogP contribution in [0.4, 0.5) is 0 Å². The minimum absolute atomic E-state index is 0.130. The van der Waals surface area contributed by atoms with Gasteiger partial charge in [0.1, 0.15) is 36.0 Å². The van der Waals surface area contributed by atoms with Crippen molar-refractivity contribution in [3.05, 3.63) is 36.2 Å². The zero-order valence-electron chi connectivity index (χ0n) is 13.7. The third kappa shape index (κ3) is 2.44. The largest absolute Gasteiger partial charge is 0.368 e. The van der Waals surface area contributed by atoms with Crippen LogP contribution in [0, 0.1) is 0 Å². The zero-order chi connectivity index (χ0) is 15.2. The molecule has 112 valence electrons.